The van der Waals surface area contributed by atoms with E-state index in [2.05, 4.69) is 22.3 Å². The van der Waals surface area contributed by atoms with Gasteiger partial charge in [0, 0.05) is 30.6 Å². The molecular formula is C21H26N4O3S2Si. The normalized spacial score (nSPS) is 22.2. The molecule has 1 aromatic rings. The highest BCUT2D eigenvalue weighted by Gasteiger charge is 2.41. The number of phenolic OH excluding ortho intramolecular Hbond substituents is 1. The lowest BCUT2D eigenvalue weighted by Crippen LogP contribution is -2.43. The minimum Gasteiger partial charge on any atom is -0.507 e. The van der Waals surface area contributed by atoms with E-state index in [1.54, 1.807) is 23.9 Å². The summed E-state index contributed by atoms with van der Waals surface area (Å²) in [4.78, 5) is 14.7. The van der Waals surface area contributed by atoms with Crippen LogP contribution in [0, 0.1) is 12.3 Å². The first-order valence-corrected chi connectivity index (χ1v) is 13.9. The number of hydrogen-bond donors (Lipinski definition) is 1. The van der Waals surface area contributed by atoms with Crippen molar-refractivity contribution in [2.75, 3.05) is 25.7 Å². The fraction of sp³-hybridized carbons (Fsp3) is 0.476. The van der Waals surface area contributed by atoms with E-state index in [1.165, 1.54) is 11.8 Å². The highest BCUT2D eigenvalue weighted by atomic mass is 32.2. The Bertz CT molecular complexity index is 941. The van der Waals surface area contributed by atoms with Crippen molar-refractivity contribution in [1.29, 1.82) is 0 Å². The predicted octanol–water partition coefficient (Wildman–Crippen LogP) is 2.93. The van der Waals surface area contributed by atoms with E-state index >= 15 is 0 Å². The Labute approximate surface area is 193 Å². The number of phenols is 1. The van der Waals surface area contributed by atoms with Crippen molar-refractivity contribution in [2.24, 2.45) is 14.9 Å². The van der Waals surface area contributed by atoms with Crippen molar-refractivity contribution in [3.05, 3.63) is 29.8 Å². The number of nitrogens with zero attached hydrogens (tertiary/aromatic N) is 4. The van der Waals surface area contributed by atoms with Gasteiger partial charge in [-0.25, -0.2) is 0 Å². The highest BCUT2D eigenvalue weighted by molar-refractivity contribution is 8.14. The average Bonchev–Trinajstić information content (AvgIpc) is 3.42. The first-order chi connectivity index (χ1) is 14.9. The molecule has 2 atom stereocenters. The summed E-state index contributed by atoms with van der Waals surface area (Å²) in [7, 11) is 0.457. The van der Waals surface area contributed by atoms with Gasteiger partial charge in [0.25, 0.3) is 0 Å². The highest BCUT2D eigenvalue weighted by Crippen LogP contribution is 2.36. The van der Waals surface area contributed by atoms with Gasteiger partial charge >= 0.3 is 5.97 Å². The number of carbonyl (C=O) groups excluding carboxylic acids is 1. The molecule has 0 radical (unpaired) electrons. The molecule has 10 heteroatoms. The van der Waals surface area contributed by atoms with Crippen LogP contribution in [0.15, 0.2) is 39.2 Å². The third-order valence-corrected chi connectivity index (χ3v) is 10.0. The summed E-state index contributed by atoms with van der Waals surface area (Å²) in [6.07, 6.45) is 13.4. The van der Waals surface area contributed by atoms with Gasteiger partial charge in [-0.05, 0) is 25.4 Å². The zero-order valence-electron chi connectivity index (χ0n) is 17.7. The fourth-order valence-electron chi connectivity index (χ4n) is 3.28. The second-order valence-electron chi connectivity index (χ2n) is 7.30. The van der Waals surface area contributed by atoms with Crippen molar-refractivity contribution >= 4 is 49.3 Å². The van der Waals surface area contributed by atoms with Crippen LogP contribution in [-0.2, 0) is 9.53 Å². The molecule has 0 spiro atoms. The van der Waals surface area contributed by atoms with Crippen LogP contribution in [0.1, 0.15) is 24.8 Å². The Kier molecular flexibility index (Phi) is 8.10. The number of thioether (sulfide) groups is 2. The average molecular weight is 475 g/mol. The Balaban J connectivity index is 1.55. The van der Waals surface area contributed by atoms with Gasteiger partial charge in [-0.3, -0.25) is 14.4 Å². The maximum atomic E-state index is 12.6. The molecule has 7 nitrogen and oxygen atoms in total. The molecule has 0 aliphatic carbocycles. The van der Waals surface area contributed by atoms with Gasteiger partial charge in [0.15, 0.2) is 14.2 Å². The number of carbonyl (C=O) groups is 1. The zero-order valence-corrected chi connectivity index (χ0v) is 20.3. The third-order valence-electron chi connectivity index (χ3n) is 5.20. The van der Waals surface area contributed by atoms with E-state index in [1.807, 2.05) is 30.3 Å². The number of hydrogen-bond acceptors (Lipinski definition) is 9. The van der Waals surface area contributed by atoms with E-state index < -0.39 is 14.2 Å². The zero-order chi connectivity index (χ0) is 22.4. The summed E-state index contributed by atoms with van der Waals surface area (Å²) in [5.74, 6) is 3.20. The second-order valence-corrected chi connectivity index (χ2v) is 11.4. The number of terminal acetylenes is 1. The van der Waals surface area contributed by atoms with E-state index in [9.17, 15) is 9.90 Å². The quantitative estimate of drug-likeness (QED) is 0.195. The van der Waals surface area contributed by atoms with Crippen LogP contribution in [0.25, 0.3) is 0 Å². The molecule has 1 N–H and O–H groups in total. The first-order valence-electron chi connectivity index (χ1n) is 9.88. The van der Waals surface area contributed by atoms with Crippen LogP contribution in [-0.4, -0.2) is 78.1 Å². The predicted molar refractivity (Wildman–Crippen MR) is 130 cm³/mol. The number of ether oxygens (including phenoxy) is 1. The van der Waals surface area contributed by atoms with E-state index in [4.69, 9.17) is 15.8 Å². The maximum Gasteiger partial charge on any atom is 0.324 e. The molecule has 31 heavy (non-hydrogen) atoms. The van der Waals surface area contributed by atoms with Crippen LogP contribution < -0.4 is 0 Å². The van der Waals surface area contributed by atoms with Gasteiger partial charge < -0.3 is 9.84 Å². The molecule has 0 bridgehead atoms. The van der Waals surface area contributed by atoms with Gasteiger partial charge in [-0.1, -0.05) is 18.3 Å². The molecule has 2 heterocycles. The second kappa shape index (κ2) is 10.6. The number of aromatic hydroxyl groups is 1. The molecule has 0 amide bonds. The van der Waals surface area contributed by atoms with Gasteiger partial charge in [0.05, 0.1) is 16.6 Å². The minimum atomic E-state index is -1.46. The maximum absolute atomic E-state index is 12.6. The van der Waals surface area contributed by atoms with Crippen molar-refractivity contribution in [1.82, 2.24) is 4.90 Å². The summed E-state index contributed by atoms with van der Waals surface area (Å²) >= 11 is 3.16. The lowest BCUT2D eigenvalue weighted by atomic mass is 10.1. The van der Waals surface area contributed by atoms with Gasteiger partial charge in [-0.15, -0.1) is 35.9 Å². The number of esters is 1. The van der Waals surface area contributed by atoms with Gasteiger partial charge in [0.2, 0.25) is 0 Å². The molecule has 1 saturated heterocycles. The van der Waals surface area contributed by atoms with Crippen molar-refractivity contribution in [3.8, 4) is 18.1 Å². The molecule has 3 rings (SSSR count). The van der Waals surface area contributed by atoms with Crippen LogP contribution >= 0.6 is 23.5 Å². The Hall–Kier alpha value is -1.93. The molecule has 164 valence electrons. The topological polar surface area (TPSA) is 86.9 Å². The molecule has 1 fully saturated rings. The molecular weight excluding hydrogens is 448 g/mol. The number of rotatable bonds is 9. The van der Waals surface area contributed by atoms with Crippen molar-refractivity contribution < 1.29 is 14.6 Å². The molecule has 2 aliphatic heterocycles. The molecule has 0 saturated carbocycles. The van der Waals surface area contributed by atoms with E-state index in [-0.39, 0.29) is 29.4 Å². The molecule has 2 aliphatic rings. The van der Waals surface area contributed by atoms with Gasteiger partial charge in [0.1, 0.15) is 11.8 Å². The summed E-state index contributed by atoms with van der Waals surface area (Å²) in [5, 5.41) is 19.0. The standard InChI is InChI=1S/C21H26N4O3S2Si/c1-5-6-11-21(23-24-21)12-13-28-19(27)16-14-30-20(25(16)2)31(4)22-18(29-3)15-9-7-8-10-17(15)26/h1,7-10,16,20,26H,4,6,11-14H2,2-3H3/b22-18-/t16-,20+/m1/s1. The molecule has 0 unspecified atom stereocenters. The summed E-state index contributed by atoms with van der Waals surface area (Å²) in [6.45, 7) is 0.278. The smallest absolute Gasteiger partial charge is 0.324 e. The van der Waals surface area contributed by atoms with Crippen molar-refractivity contribution in [2.45, 2.75) is 36.0 Å². The largest absolute Gasteiger partial charge is 0.507 e. The van der Waals surface area contributed by atoms with Crippen LogP contribution in [0.4, 0.5) is 0 Å². The monoisotopic (exact) mass is 474 g/mol. The SMILES string of the molecule is C#CCCC1(CCOC(=O)[C@H]2CS[C@@H]([Si](=C)/N=C(\SC)c3ccccc3O)N2C)N=N1. The lowest BCUT2D eigenvalue weighted by Gasteiger charge is -2.23. The van der Waals surface area contributed by atoms with Crippen LogP contribution in [0.2, 0.25) is 0 Å². The van der Waals surface area contributed by atoms with Crippen LogP contribution in [0.3, 0.4) is 0 Å². The summed E-state index contributed by atoms with van der Waals surface area (Å²) in [6, 6.07) is 6.83. The third kappa shape index (κ3) is 5.86. The van der Waals surface area contributed by atoms with E-state index in [0.717, 1.165) is 5.04 Å². The summed E-state index contributed by atoms with van der Waals surface area (Å²) in [5.41, 5.74) is 0.262. The Morgan fingerprint density at radius 3 is 2.90 bits per heavy atom. The summed E-state index contributed by atoms with van der Waals surface area (Å²) < 4.78 is 10.4. The minimum absolute atomic E-state index is 0.0333. The van der Waals surface area contributed by atoms with E-state index in [0.29, 0.717) is 30.6 Å². The number of likely N-dealkylation sites (N-methyl/N-ethyl adjacent to an activating group) is 1. The first kappa shape index (κ1) is 23.7. The van der Waals surface area contributed by atoms with Crippen molar-refractivity contribution in [3.63, 3.8) is 0 Å². The molecule has 0 aromatic heterocycles. The Morgan fingerprint density at radius 2 is 2.26 bits per heavy atom. The van der Waals surface area contributed by atoms with Crippen LogP contribution in [0.5, 0.6) is 5.75 Å². The Morgan fingerprint density at radius 1 is 1.52 bits per heavy atom. The number of benzene rings is 1. The molecule has 1 aromatic carbocycles. The lowest BCUT2D eigenvalue weighted by molar-refractivity contribution is -0.148. The number of para-hydroxylation sites is 1. The fourth-order valence-corrected chi connectivity index (χ4v) is 7.87. The van der Waals surface area contributed by atoms with Gasteiger partial charge in [-0.2, -0.15) is 10.2 Å².